The number of benzene rings is 3. The SMILES string of the molecule is CCNS(=O)(=O)c1ccc(CCC(=O)N(Cc2ccc(OC)cc2)[C@@H](Cc2ccccc2)C(=O)NCCCOCC)cc1. The fourth-order valence-corrected chi connectivity index (χ4v) is 5.67. The van der Waals surface area contributed by atoms with Gasteiger partial charge in [0.1, 0.15) is 11.8 Å². The maximum atomic E-state index is 13.9. The van der Waals surface area contributed by atoms with Crippen molar-refractivity contribution >= 4 is 21.8 Å². The maximum Gasteiger partial charge on any atom is 0.243 e. The van der Waals surface area contributed by atoms with E-state index in [2.05, 4.69) is 10.0 Å². The van der Waals surface area contributed by atoms with Crippen LogP contribution in [0.15, 0.2) is 83.8 Å². The first-order valence-electron chi connectivity index (χ1n) is 14.7. The molecule has 3 rings (SSSR count). The summed E-state index contributed by atoms with van der Waals surface area (Å²) in [6.07, 6.45) is 1.58. The monoisotopic (exact) mass is 609 g/mol. The summed E-state index contributed by atoms with van der Waals surface area (Å²) < 4.78 is 37.8. The Balaban J connectivity index is 1.84. The zero-order valence-corrected chi connectivity index (χ0v) is 26.1. The average Bonchev–Trinajstić information content (AvgIpc) is 3.02. The molecule has 0 saturated carbocycles. The third-order valence-electron chi connectivity index (χ3n) is 6.95. The molecule has 0 bridgehead atoms. The molecule has 2 amide bonds. The zero-order chi connectivity index (χ0) is 31.1. The Bertz CT molecular complexity index is 1380. The Morgan fingerprint density at radius 1 is 0.884 bits per heavy atom. The Kier molecular flexibility index (Phi) is 13.7. The number of methoxy groups -OCH3 is 1. The predicted octanol–water partition coefficient (Wildman–Crippen LogP) is 4.11. The van der Waals surface area contributed by atoms with Crippen LogP contribution >= 0.6 is 0 Å². The van der Waals surface area contributed by atoms with Gasteiger partial charge in [0.15, 0.2) is 0 Å². The van der Waals surface area contributed by atoms with Crippen LogP contribution in [0.3, 0.4) is 0 Å². The predicted molar refractivity (Wildman–Crippen MR) is 167 cm³/mol. The lowest BCUT2D eigenvalue weighted by molar-refractivity contribution is -0.141. The lowest BCUT2D eigenvalue weighted by atomic mass is 10.0. The second-order valence-electron chi connectivity index (χ2n) is 10.1. The van der Waals surface area contributed by atoms with E-state index in [1.165, 1.54) is 0 Å². The summed E-state index contributed by atoms with van der Waals surface area (Å²) >= 11 is 0. The molecule has 0 aromatic heterocycles. The molecular formula is C33H43N3O6S. The van der Waals surface area contributed by atoms with Gasteiger partial charge in [0.05, 0.1) is 12.0 Å². The minimum Gasteiger partial charge on any atom is -0.497 e. The number of hydrogen-bond donors (Lipinski definition) is 2. The number of carbonyl (C=O) groups excluding carboxylic acids is 2. The molecule has 0 aliphatic carbocycles. The van der Waals surface area contributed by atoms with Crippen LogP contribution in [0, 0.1) is 0 Å². The number of sulfonamides is 1. The van der Waals surface area contributed by atoms with Gasteiger partial charge in [-0.3, -0.25) is 9.59 Å². The highest BCUT2D eigenvalue weighted by atomic mass is 32.2. The summed E-state index contributed by atoms with van der Waals surface area (Å²) in [5, 5.41) is 3.01. The van der Waals surface area contributed by atoms with E-state index in [1.807, 2.05) is 61.5 Å². The molecular weight excluding hydrogens is 566 g/mol. The van der Waals surface area contributed by atoms with E-state index in [4.69, 9.17) is 9.47 Å². The topological polar surface area (TPSA) is 114 Å². The van der Waals surface area contributed by atoms with Gasteiger partial charge >= 0.3 is 0 Å². The van der Waals surface area contributed by atoms with E-state index in [0.29, 0.717) is 51.3 Å². The number of hydrogen-bond acceptors (Lipinski definition) is 6. The van der Waals surface area contributed by atoms with Crippen molar-refractivity contribution in [3.05, 3.63) is 95.6 Å². The number of nitrogens with one attached hydrogen (secondary N) is 2. The average molecular weight is 610 g/mol. The molecule has 0 spiro atoms. The van der Waals surface area contributed by atoms with Gasteiger partial charge in [-0.1, -0.05) is 61.5 Å². The molecule has 0 radical (unpaired) electrons. The molecule has 3 aromatic rings. The van der Waals surface area contributed by atoms with Crippen molar-refractivity contribution < 1.29 is 27.5 Å². The number of carbonyl (C=O) groups is 2. The van der Waals surface area contributed by atoms with Crippen molar-refractivity contribution in [2.75, 3.05) is 33.4 Å². The highest BCUT2D eigenvalue weighted by molar-refractivity contribution is 7.89. The van der Waals surface area contributed by atoms with Gasteiger partial charge < -0.3 is 19.7 Å². The second-order valence-corrected chi connectivity index (χ2v) is 11.8. The third-order valence-corrected chi connectivity index (χ3v) is 8.51. The van der Waals surface area contributed by atoms with E-state index in [-0.39, 0.29) is 29.7 Å². The highest BCUT2D eigenvalue weighted by Gasteiger charge is 2.30. The van der Waals surface area contributed by atoms with Gasteiger partial charge in [0.2, 0.25) is 21.8 Å². The molecule has 1 atom stereocenters. The first-order chi connectivity index (χ1) is 20.8. The molecule has 43 heavy (non-hydrogen) atoms. The summed E-state index contributed by atoms with van der Waals surface area (Å²) in [6, 6.07) is 22.9. The number of rotatable bonds is 18. The van der Waals surface area contributed by atoms with Crippen LogP contribution in [-0.4, -0.2) is 64.6 Å². The molecule has 0 saturated heterocycles. The number of nitrogens with zero attached hydrogens (tertiary/aromatic N) is 1. The lowest BCUT2D eigenvalue weighted by Gasteiger charge is -2.32. The van der Waals surface area contributed by atoms with E-state index in [9.17, 15) is 18.0 Å². The van der Waals surface area contributed by atoms with E-state index in [0.717, 1.165) is 16.7 Å². The van der Waals surface area contributed by atoms with Crippen molar-refractivity contribution in [3.63, 3.8) is 0 Å². The van der Waals surface area contributed by atoms with E-state index < -0.39 is 16.1 Å². The highest BCUT2D eigenvalue weighted by Crippen LogP contribution is 2.19. The molecule has 2 N–H and O–H groups in total. The van der Waals surface area contributed by atoms with Gasteiger partial charge in [-0.05, 0) is 60.7 Å². The quantitative estimate of drug-likeness (QED) is 0.210. The molecule has 0 aliphatic heterocycles. The molecule has 0 heterocycles. The van der Waals surface area contributed by atoms with Gasteiger partial charge in [-0.2, -0.15) is 0 Å². The zero-order valence-electron chi connectivity index (χ0n) is 25.3. The van der Waals surface area contributed by atoms with Crippen LogP contribution in [0.2, 0.25) is 0 Å². The summed E-state index contributed by atoms with van der Waals surface area (Å²) in [5.74, 6) is 0.305. The molecule has 0 aliphatic rings. The minimum atomic E-state index is -3.56. The molecule has 9 nitrogen and oxygen atoms in total. The van der Waals surface area contributed by atoms with Crippen LogP contribution in [0.5, 0.6) is 5.75 Å². The Hall–Kier alpha value is -3.73. The van der Waals surface area contributed by atoms with Crippen LogP contribution in [-0.2, 0) is 43.7 Å². The number of amides is 2. The van der Waals surface area contributed by atoms with Crippen molar-refractivity contribution in [3.8, 4) is 5.75 Å². The molecule has 10 heteroatoms. The second kappa shape index (κ2) is 17.4. The Labute approximate surface area is 255 Å². The Morgan fingerprint density at radius 3 is 2.19 bits per heavy atom. The van der Waals surface area contributed by atoms with E-state index in [1.54, 1.807) is 43.2 Å². The summed E-state index contributed by atoms with van der Waals surface area (Å²) in [7, 11) is -1.97. The normalized spacial score (nSPS) is 12.0. The smallest absolute Gasteiger partial charge is 0.243 e. The van der Waals surface area contributed by atoms with Crippen LogP contribution < -0.4 is 14.8 Å². The molecule has 3 aromatic carbocycles. The van der Waals surface area contributed by atoms with Crippen LogP contribution in [0.25, 0.3) is 0 Å². The number of aryl methyl sites for hydroxylation is 1. The third kappa shape index (κ3) is 10.8. The first-order valence-corrected chi connectivity index (χ1v) is 16.2. The van der Waals surface area contributed by atoms with Gasteiger partial charge in [0.25, 0.3) is 0 Å². The lowest BCUT2D eigenvalue weighted by Crippen LogP contribution is -2.50. The summed E-state index contributed by atoms with van der Waals surface area (Å²) in [5.41, 5.74) is 2.64. The van der Waals surface area contributed by atoms with Gasteiger partial charge in [-0.15, -0.1) is 0 Å². The van der Waals surface area contributed by atoms with Crippen molar-refractivity contribution in [1.82, 2.24) is 14.9 Å². The standard InChI is InChI=1S/C33H43N3O6S/c1-4-35-43(39,40)30-19-14-26(15-20-30)16-21-32(37)36(25-28-12-17-29(41-3)18-13-28)31(24-27-10-7-6-8-11-27)33(38)34-22-9-23-42-5-2/h6-8,10-15,17-20,31,35H,4-5,9,16,21-25H2,1-3H3,(H,34,38)/t31-/m0/s1. The molecule has 232 valence electrons. The Morgan fingerprint density at radius 2 is 1.56 bits per heavy atom. The molecule has 0 unspecified atom stereocenters. The summed E-state index contributed by atoms with van der Waals surface area (Å²) in [4.78, 5) is 29.4. The van der Waals surface area contributed by atoms with Gasteiger partial charge in [0, 0.05) is 45.7 Å². The van der Waals surface area contributed by atoms with Gasteiger partial charge in [-0.25, -0.2) is 13.1 Å². The fraction of sp³-hybridized carbons (Fsp3) is 0.394. The van der Waals surface area contributed by atoms with E-state index >= 15 is 0 Å². The van der Waals surface area contributed by atoms with Crippen LogP contribution in [0.4, 0.5) is 0 Å². The largest absolute Gasteiger partial charge is 0.497 e. The minimum absolute atomic E-state index is 0.151. The molecule has 0 fully saturated rings. The van der Waals surface area contributed by atoms with Crippen molar-refractivity contribution in [1.29, 1.82) is 0 Å². The van der Waals surface area contributed by atoms with Crippen LogP contribution in [0.1, 0.15) is 43.4 Å². The maximum absolute atomic E-state index is 13.9. The first kappa shape index (κ1) is 33.8. The fourth-order valence-electron chi connectivity index (χ4n) is 4.63. The summed E-state index contributed by atoms with van der Waals surface area (Å²) in [6.45, 7) is 5.79. The van der Waals surface area contributed by atoms with Crippen molar-refractivity contribution in [2.24, 2.45) is 0 Å². The van der Waals surface area contributed by atoms with Crippen molar-refractivity contribution in [2.45, 2.75) is 57.0 Å². The number of ether oxygens (including phenoxy) is 2.